The molecule has 3 aromatic carbocycles. The van der Waals surface area contributed by atoms with Gasteiger partial charge in [-0.05, 0) is 54.4 Å². The molecular formula is C31H34N4O8S. The summed E-state index contributed by atoms with van der Waals surface area (Å²) >= 11 is 0. The lowest BCUT2D eigenvalue weighted by Crippen LogP contribution is -2.37. The Kier molecular flexibility index (Phi) is 10.4. The number of carbonyl (C=O) groups excluding carboxylic acids is 1. The first kappa shape index (κ1) is 32.2. The number of nitrogens with two attached hydrogens (primary N) is 1. The molecule has 0 saturated heterocycles. The number of aliphatic hydroxyl groups is 1. The third-order valence-electron chi connectivity index (χ3n) is 6.39. The molecule has 5 aromatic rings. The molecule has 5 rings (SSSR count). The van der Waals surface area contributed by atoms with Crippen molar-refractivity contribution in [2.24, 2.45) is 11.7 Å². The largest absolute Gasteiger partial charge is 0.490 e. The fourth-order valence-corrected chi connectivity index (χ4v) is 4.64. The number of amides is 1. The zero-order chi connectivity index (χ0) is 31.9. The van der Waals surface area contributed by atoms with Gasteiger partial charge in [0.15, 0.2) is 0 Å². The zero-order valence-corrected chi connectivity index (χ0v) is 24.9. The summed E-state index contributed by atoms with van der Waals surface area (Å²) in [6.07, 6.45) is 0.687. The van der Waals surface area contributed by atoms with Crippen molar-refractivity contribution in [2.45, 2.75) is 20.0 Å². The second kappa shape index (κ2) is 14.2. The van der Waals surface area contributed by atoms with Gasteiger partial charge >= 0.3 is 10.4 Å². The molecule has 0 unspecified atom stereocenters. The zero-order valence-electron chi connectivity index (χ0n) is 24.1. The van der Waals surface area contributed by atoms with Gasteiger partial charge in [0.05, 0.1) is 11.1 Å². The summed E-state index contributed by atoms with van der Waals surface area (Å²) in [5.41, 5.74) is 8.61. The van der Waals surface area contributed by atoms with Gasteiger partial charge in [-0.1, -0.05) is 38.1 Å². The van der Waals surface area contributed by atoms with Crippen LogP contribution in [0.25, 0.3) is 21.8 Å². The van der Waals surface area contributed by atoms with Crippen molar-refractivity contribution in [2.75, 3.05) is 24.6 Å². The van der Waals surface area contributed by atoms with E-state index >= 15 is 0 Å². The average molecular weight is 623 g/mol. The number of anilines is 1. The van der Waals surface area contributed by atoms with E-state index < -0.39 is 22.4 Å². The van der Waals surface area contributed by atoms with E-state index in [1.165, 1.54) is 6.20 Å². The smallest absolute Gasteiger partial charge is 0.394 e. The second-order valence-corrected chi connectivity index (χ2v) is 11.3. The molecule has 44 heavy (non-hydrogen) atoms. The molecule has 1 amide bonds. The number of hydrogen-bond donors (Lipinski definition) is 5. The predicted octanol–water partition coefficient (Wildman–Crippen LogP) is 4.86. The summed E-state index contributed by atoms with van der Waals surface area (Å²) in [4.78, 5) is 20.9. The van der Waals surface area contributed by atoms with Crippen LogP contribution in [-0.4, -0.2) is 64.3 Å². The second-order valence-electron chi connectivity index (χ2n) is 10.4. The molecule has 12 nitrogen and oxygen atoms in total. The maximum atomic E-state index is 11.2. The molecule has 0 spiro atoms. The molecule has 0 radical (unpaired) electrons. The van der Waals surface area contributed by atoms with Gasteiger partial charge in [0, 0.05) is 47.3 Å². The maximum absolute atomic E-state index is 11.2. The fraction of sp³-hybridized carbons (Fsp3) is 0.226. The number of H-pyrrole nitrogens is 1. The van der Waals surface area contributed by atoms with E-state index in [0.29, 0.717) is 29.7 Å². The molecule has 1 atom stereocenters. The van der Waals surface area contributed by atoms with E-state index in [1.54, 1.807) is 12.1 Å². The molecule has 13 heteroatoms. The SMILES string of the molecule is CC(C)CN(C[C@H](O)COc1cccc2[nH]c3ccccc3c12)c1ccc(Oc2ccc(C(N)=O)cn2)cc1.O=S(=O)(O)O. The van der Waals surface area contributed by atoms with Crippen LogP contribution in [0.1, 0.15) is 24.2 Å². The number of aromatic nitrogens is 2. The standard InChI is InChI=1S/C31H32N4O4.H2O4S/c1-20(2)17-35(22-11-13-24(14-12-22)39-29-15-10-21(16-33-29)31(32)37)18-23(36)19-38-28-9-5-8-27-30(28)25-6-3-4-7-26(25)34-27;1-5(2,3)4/h3-16,20,23,34,36H,17-19H2,1-2H3,(H2,32,37);(H2,1,2,3,4)/t23-;/m0./s1. The number of para-hydroxylation sites is 1. The van der Waals surface area contributed by atoms with Crippen molar-refractivity contribution >= 4 is 43.8 Å². The molecule has 2 aromatic heterocycles. The van der Waals surface area contributed by atoms with Gasteiger partial charge in [0.25, 0.3) is 0 Å². The average Bonchev–Trinajstić information content (AvgIpc) is 3.35. The first-order chi connectivity index (χ1) is 20.9. The number of aromatic amines is 1. The number of benzene rings is 3. The first-order valence-electron chi connectivity index (χ1n) is 13.7. The van der Waals surface area contributed by atoms with Gasteiger partial charge in [0.1, 0.15) is 24.2 Å². The molecule has 6 N–H and O–H groups in total. The molecule has 0 aliphatic rings. The number of ether oxygens (including phenoxy) is 2. The third kappa shape index (κ3) is 9.15. The number of nitrogens with zero attached hydrogens (tertiary/aromatic N) is 2. The van der Waals surface area contributed by atoms with E-state index in [4.69, 9.17) is 32.7 Å². The van der Waals surface area contributed by atoms with Crippen LogP contribution >= 0.6 is 0 Å². The van der Waals surface area contributed by atoms with Crippen LogP contribution in [0.5, 0.6) is 17.4 Å². The van der Waals surface area contributed by atoms with Crippen LogP contribution in [0.15, 0.2) is 85.1 Å². The lowest BCUT2D eigenvalue weighted by atomic mass is 10.1. The van der Waals surface area contributed by atoms with Gasteiger partial charge in [-0.15, -0.1) is 0 Å². The molecule has 0 aliphatic heterocycles. The summed E-state index contributed by atoms with van der Waals surface area (Å²) in [5, 5.41) is 13.1. The van der Waals surface area contributed by atoms with Gasteiger partial charge in [-0.2, -0.15) is 8.42 Å². The van der Waals surface area contributed by atoms with Crippen molar-refractivity contribution in [3.05, 3.63) is 90.6 Å². The number of fused-ring (bicyclic) bond motifs is 3. The molecular weight excluding hydrogens is 588 g/mol. The minimum atomic E-state index is -4.67. The Balaban J connectivity index is 0.000000818. The molecule has 232 valence electrons. The van der Waals surface area contributed by atoms with Gasteiger partial charge in [-0.3, -0.25) is 13.9 Å². The summed E-state index contributed by atoms with van der Waals surface area (Å²) in [5.74, 6) is 1.58. The highest BCUT2D eigenvalue weighted by molar-refractivity contribution is 7.79. The van der Waals surface area contributed by atoms with Crippen molar-refractivity contribution in [1.29, 1.82) is 0 Å². The minimum absolute atomic E-state index is 0.168. The van der Waals surface area contributed by atoms with Crippen LogP contribution in [0.2, 0.25) is 0 Å². The Morgan fingerprint density at radius 2 is 1.64 bits per heavy atom. The maximum Gasteiger partial charge on any atom is 0.394 e. The van der Waals surface area contributed by atoms with Crippen molar-refractivity contribution in [3.8, 4) is 17.4 Å². The number of rotatable bonds is 11. The fourth-order valence-electron chi connectivity index (χ4n) is 4.64. The summed E-state index contributed by atoms with van der Waals surface area (Å²) in [7, 11) is -4.67. The Morgan fingerprint density at radius 1 is 0.955 bits per heavy atom. The quantitative estimate of drug-likeness (QED) is 0.127. The Labute approximate surface area is 254 Å². The summed E-state index contributed by atoms with van der Waals surface area (Å²) in [6.45, 7) is 5.64. The van der Waals surface area contributed by atoms with Crippen LogP contribution in [-0.2, 0) is 10.4 Å². The number of nitrogens with one attached hydrogen (secondary N) is 1. The lowest BCUT2D eigenvalue weighted by Gasteiger charge is -2.29. The molecule has 0 aliphatic carbocycles. The third-order valence-corrected chi connectivity index (χ3v) is 6.39. The normalized spacial score (nSPS) is 12.0. The van der Waals surface area contributed by atoms with Gasteiger partial charge in [0.2, 0.25) is 11.8 Å². The minimum Gasteiger partial charge on any atom is -0.490 e. The highest BCUT2D eigenvalue weighted by atomic mass is 32.3. The summed E-state index contributed by atoms with van der Waals surface area (Å²) < 4.78 is 43.5. The Bertz CT molecular complexity index is 1800. The van der Waals surface area contributed by atoms with Gasteiger partial charge in [-0.25, -0.2) is 4.98 Å². The van der Waals surface area contributed by atoms with E-state index in [-0.39, 0.29) is 6.61 Å². The molecule has 2 heterocycles. The predicted molar refractivity (Wildman–Crippen MR) is 168 cm³/mol. The summed E-state index contributed by atoms with van der Waals surface area (Å²) in [6, 6.07) is 24.9. The van der Waals surface area contributed by atoms with Crippen molar-refractivity contribution in [3.63, 3.8) is 0 Å². The van der Waals surface area contributed by atoms with E-state index in [1.807, 2.05) is 60.7 Å². The molecule has 0 fully saturated rings. The van der Waals surface area contributed by atoms with Gasteiger partial charge < -0.3 is 30.2 Å². The highest BCUT2D eigenvalue weighted by Crippen LogP contribution is 2.33. The number of pyridine rings is 1. The van der Waals surface area contributed by atoms with Crippen LogP contribution < -0.4 is 20.1 Å². The van der Waals surface area contributed by atoms with Crippen molar-refractivity contribution in [1.82, 2.24) is 9.97 Å². The highest BCUT2D eigenvalue weighted by Gasteiger charge is 2.17. The van der Waals surface area contributed by atoms with E-state index in [0.717, 1.165) is 39.8 Å². The number of aliphatic hydroxyl groups excluding tert-OH is 1. The Morgan fingerprint density at radius 3 is 2.27 bits per heavy atom. The Hall–Kier alpha value is -4.69. The monoisotopic (exact) mass is 622 g/mol. The molecule has 0 saturated carbocycles. The van der Waals surface area contributed by atoms with E-state index in [2.05, 4.69) is 34.8 Å². The number of hydrogen-bond acceptors (Lipinski definition) is 8. The lowest BCUT2D eigenvalue weighted by molar-refractivity contribution is 0.0999. The van der Waals surface area contributed by atoms with Crippen LogP contribution in [0.3, 0.4) is 0 Å². The van der Waals surface area contributed by atoms with Crippen molar-refractivity contribution < 1.29 is 36.9 Å². The van der Waals surface area contributed by atoms with Crippen LogP contribution in [0.4, 0.5) is 5.69 Å². The topological polar surface area (TPSA) is 188 Å². The first-order valence-corrected chi connectivity index (χ1v) is 15.1. The number of primary amides is 1. The van der Waals surface area contributed by atoms with Crippen LogP contribution in [0, 0.1) is 5.92 Å². The molecule has 0 bridgehead atoms. The number of carbonyl (C=O) groups is 1. The van der Waals surface area contributed by atoms with E-state index in [9.17, 15) is 9.90 Å².